The lowest BCUT2D eigenvalue weighted by molar-refractivity contribution is -0.113. The van der Waals surface area contributed by atoms with Crippen molar-refractivity contribution >= 4 is 23.4 Å². The number of anilines is 1. The molecule has 0 fully saturated rings. The molecule has 28 heavy (non-hydrogen) atoms. The summed E-state index contributed by atoms with van der Waals surface area (Å²) < 4.78 is 5.63. The van der Waals surface area contributed by atoms with Gasteiger partial charge in [0, 0.05) is 11.4 Å². The largest absolute Gasteiger partial charge is 0.494 e. The third kappa shape index (κ3) is 5.49. The summed E-state index contributed by atoms with van der Waals surface area (Å²) in [4.78, 5) is 17.0. The van der Waals surface area contributed by atoms with Crippen LogP contribution in [0, 0.1) is 11.3 Å². The molecular weight excluding hydrogens is 370 g/mol. The number of thioether (sulfide) groups is 1. The highest BCUT2D eigenvalue weighted by atomic mass is 32.2. The van der Waals surface area contributed by atoms with E-state index in [0.29, 0.717) is 17.2 Å². The van der Waals surface area contributed by atoms with E-state index in [9.17, 15) is 10.1 Å². The Hall–Kier alpha value is -2.52. The van der Waals surface area contributed by atoms with Gasteiger partial charge in [-0.15, -0.1) is 0 Å². The van der Waals surface area contributed by atoms with E-state index in [4.69, 9.17) is 4.74 Å². The van der Waals surface area contributed by atoms with E-state index >= 15 is 0 Å². The number of nitriles is 1. The van der Waals surface area contributed by atoms with Gasteiger partial charge in [-0.05, 0) is 68.0 Å². The van der Waals surface area contributed by atoms with Crippen LogP contribution in [0.1, 0.15) is 49.4 Å². The number of aromatic nitrogens is 1. The maximum absolute atomic E-state index is 12.3. The van der Waals surface area contributed by atoms with Crippen molar-refractivity contribution in [3.63, 3.8) is 0 Å². The van der Waals surface area contributed by atoms with Crippen molar-refractivity contribution in [3.05, 3.63) is 47.2 Å². The molecule has 1 N–H and O–H groups in total. The number of nitrogens with one attached hydrogen (secondary N) is 1. The first kappa shape index (κ1) is 20.2. The van der Waals surface area contributed by atoms with Crippen LogP contribution < -0.4 is 10.1 Å². The number of hydrogen-bond donors (Lipinski definition) is 1. The number of nitrogens with zero attached hydrogens (tertiary/aromatic N) is 2. The molecule has 0 radical (unpaired) electrons. The van der Waals surface area contributed by atoms with Crippen LogP contribution >= 0.6 is 11.8 Å². The topological polar surface area (TPSA) is 75.0 Å². The molecule has 0 unspecified atom stereocenters. The molecule has 3 rings (SSSR count). The highest BCUT2D eigenvalue weighted by Crippen LogP contribution is 2.27. The van der Waals surface area contributed by atoms with E-state index in [2.05, 4.69) is 23.3 Å². The highest BCUT2D eigenvalue weighted by Gasteiger charge is 2.16. The van der Waals surface area contributed by atoms with Crippen molar-refractivity contribution in [1.82, 2.24) is 4.98 Å². The molecule has 1 aromatic heterocycles. The molecule has 1 aromatic carbocycles. The summed E-state index contributed by atoms with van der Waals surface area (Å²) in [6.07, 6.45) is 6.34. The Kier molecular flexibility index (Phi) is 7.32. The van der Waals surface area contributed by atoms with Crippen LogP contribution in [-0.2, 0) is 17.6 Å². The normalized spacial score (nSPS) is 12.7. The maximum atomic E-state index is 12.3. The van der Waals surface area contributed by atoms with Crippen molar-refractivity contribution in [2.45, 2.75) is 50.5 Å². The fraction of sp³-hybridized carbons (Fsp3) is 0.409. The summed E-state index contributed by atoms with van der Waals surface area (Å²) in [5.74, 6) is 0.903. The number of hydrogen-bond acceptors (Lipinski definition) is 5. The van der Waals surface area contributed by atoms with Gasteiger partial charge in [-0.1, -0.05) is 25.1 Å². The Morgan fingerprint density at radius 1 is 1.29 bits per heavy atom. The van der Waals surface area contributed by atoms with Crippen molar-refractivity contribution in [2.24, 2.45) is 0 Å². The minimum atomic E-state index is -0.118. The van der Waals surface area contributed by atoms with Crippen LogP contribution in [0.5, 0.6) is 5.75 Å². The number of pyridine rings is 1. The molecule has 0 saturated carbocycles. The lowest BCUT2D eigenvalue weighted by Gasteiger charge is -2.16. The number of benzene rings is 1. The second kappa shape index (κ2) is 10.1. The lowest BCUT2D eigenvalue weighted by Crippen LogP contribution is -2.14. The Balaban J connectivity index is 1.55. The smallest absolute Gasteiger partial charge is 0.234 e. The number of ether oxygens (including phenoxy) is 1. The Morgan fingerprint density at radius 2 is 2.07 bits per heavy atom. The van der Waals surface area contributed by atoms with E-state index in [1.165, 1.54) is 17.3 Å². The monoisotopic (exact) mass is 395 g/mol. The van der Waals surface area contributed by atoms with E-state index in [1.54, 1.807) is 0 Å². The van der Waals surface area contributed by atoms with Crippen LogP contribution in [0.3, 0.4) is 0 Å². The van der Waals surface area contributed by atoms with Gasteiger partial charge >= 0.3 is 0 Å². The predicted molar refractivity (Wildman–Crippen MR) is 112 cm³/mol. The minimum Gasteiger partial charge on any atom is -0.494 e. The molecule has 0 aliphatic heterocycles. The van der Waals surface area contributed by atoms with Crippen LogP contribution in [0.15, 0.2) is 35.4 Å². The van der Waals surface area contributed by atoms with Gasteiger partial charge in [0.2, 0.25) is 5.91 Å². The SMILES string of the molecule is CCCCOc1ccc(NC(=O)CSc2nc3c(cc2C#N)CCCC3)cc1. The summed E-state index contributed by atoms with van der Waals surface area (Å²) in [6.45, 7) is 2.83. The van der Waals surface area contributed by atoms with Crippen LogP contribution in [0.4, 0.5) is 5.69 Å². The van der Waals surface area contributed by atoms with Gasteiger partial charge < -0.3 is 10.1 Å². The van der Waals surface area contributed by atoms with Crippen LogP contribution in [0.2, 0.25) is 0 Å². The predicted octanol–water partition coefficient (Wildman–Crippen LogP) is 4.74. The summed E-state index contributed by atoms with van der Waals surface area (Å²) in [7, 11) is 0. The Bertz CT molecular complexity index is 859. The number of fused-ring (bicyclic) bond motifs is 1. The summed E-state index contributed by atoms with van der Waals surface area (Å²) in [5, 5.41) is 12.9. The van der Waals surface area contributed by atoms with Gasteiger partial charge in [-0.2, -0.15) is 5.26 Å². The van der Waals surface area contributed by atoms with Crippen molar-refractivity contribution in [1.29, 1.82) is 5.26 Å². The number of carbonyl (C=O) groups excluding carboxylic acids is 1. The number of carbonyl (C=O) groups is 1. The number of aryl methyl sites for hydroxylation is 2. The molecule has 5 nitrogen and oxygen atoms in total. The zero-order valence-corrected chi connectivity index (χ0v) is 17.0. The van der Waals surface area contributed by atoms with Gasteiger partial charge in [0.15, 0.2) is 0 Å². The van der Waals surface area contributed by atoms with Crippen LogP contribution in [-0.4, -0.2) is 23.3 Å². The van der Waals surface area contributed by atoms with E-state index in [1.807, 2.05) is 30.3 Å². The average molecular weight is 396 g/mol. The quantitative estimate of drug-likeness (QED) is 0.516. The molecule has 0 bridgehead atoms. The molecule has 146 valence electrons. The van der Waals surface area contributed by atoms with E-state index < -0.39 is 0 Å². The molecule has 0 spiro atoms. The minimum absolute atomic E-state index is 0.118. The summed E-state index contributed by atoms with van der Waals surface area (Å²) in [6, 6.07) is 11.5. The molecule has 1 amide bonds. The standard InChI is InChI=1S/C22H25N3O2S/c1-2-3-12-27-19-10-8-18(9-11-19)24-21(26)15-28-22-17(14-23)13-16-6-4-5-7-20(16)25-22/h8-11,13H,2-7,12,15H2,1H3,(H,24,26). The van der Waals surface area contributed by atoms with E-state index in [-0.39, 0.29) is 11.7 Å². The van der Waals surface area contributed by atoms with Gasteiger partial charge in [0.05, 0.1) is 17.9 Å². The molecule has 6 heteroatoms. The number of amides is 1. The number of rotatable bonds is 8. The van der Waals surface area contributed by atoms with Gasteiger partial charge in [0.25, 0.3) is 0 Å². The molecular formula is C22H25N3O2S. The van der Waals surface area contributed by atoms with Crippen molar-refractivity contribution in [3.8, 4) is 11.8 Å². The fourth-order valence-electron chi connectivity index (χ4n) is 3.10. The molecule has 0 atom stereocenters. The second-order valence-electron chi connectivity index (χ2n) is 6.83. The fourth-order valence-corrected chi connectivity index (χ4v) is 3.88. The second-order valence-corrected chi connectivity index (χ2v) is 7.79. The summed E-state index contributed by atoms with van der Waals surface area (Å²) >= 11 is 1.32. The Labute approximate surface area is 170 Å². The van der Waals surface area contributed by atoms with Crippen molar-refractivity contribution in [2.75, 3.05) is 17.7 Å². The molecule has 1 aliphatic rings. The zero-order chi connectivity index (χ0) is 19.8. The number of unbranched alkanes of at least 4 members (excludes halogenated alkanes) is 1. The third-order valence-electron chi connectivity index (χ3n) is 4.63. The first-order valence-electron chi connectivity index (χ1n) is 9.78. The molecule has 0 saturated heterocycles. The zero-order valence-electron chi connectivity index (χ0n) is 16.2. The van der Waals surface area contributed by atoms with Gasteiger partial charge in [-0.25, -0.2) is 4.98 Å². The van der Waals surface area contributed by atoms with Crippen LogP contribution in [0.25, 0.3) is 0 Å². The van der Waals surface area contributed by atoms with Crippen molar-refractivity contribution < 1.29 is 9.53 Å². The molecule has 1 aliphatic carbocycles. The highest BCUT2D eigenvalue weighted by molar-refractivity contribution is 8.00. The average Bonchev–Trinajstić information content (AvgIpc) is 2.73. The lowest BCUT2D eigenvalue weighted by atomic mass is 9.95. The third-order valence-corrected chi connectivity index (χ3v) is 5.62. The summed E-state index contributed by atoms with van der Waals surface area (Å²) in [5.41, 5.74) is 3.55. The first-order chi connectivity index (χ1) is 13.7. The Morgan fingerprint density at radius 3 is 2.82 bits per heavy atom. The molecule has 2 aromatic rings. The van der Waals surface area contributed by atoms with Gasteiger partial charge in [-0.3, -0.25) is 4.79 Å². The molecule has 1 heterocycles. The van der Waals surface area contributed by atoms with Gasteiger partial charge in [0.1, 0.15) is 16.8 Å². The maximum Gasteiger partial charge on any atom is 0.234 e. The first-order valence-corrected chi connectivity index (χ1v) is 10.8. The van der Waals surface area contributed by atoms with E-state index in [0.717, 1.165) is 55.7 Å².